The first-order valence-corrected chi connectivity index (χ1v) is 11.5. The molecular formula is C28H19BrN2O3. The van der Waals surface area contributed by atoms with E-state index in [4.69, 9.17) is 0 Å². The Hall–Kier alpha value is -4.03. The first-order chi connectivity index (χ1) is 16.5. The lowest BCUT2D eigenvalue weighted by Gasteiger charge is -2.26. The first-order valence-electron chi connectivity index (χ1n) is 10.7. The van der Waals surface area contributed by atoms with E-state index in [1.165, 1.54) is 0 Å². The van der Waals surface area contributed by atoms with Crippen molar-refractivity contribution in [3.8, 4) is 0 Å². The van der Waals surface area contributed by atoms with Gasteiger partial charge >= 0.3 is 6.03 Å². The third kappa shape index (κ3) is 4.04. The minimum absolute atomic E-state index is 0.0896. The highest BCUT2D eigenvalue weighted by atomic mass is 79.9. The van der Waals surface area contributed by atoms with Gasteiger partial charge in [0, 0.05) is 4.47 Å². The summed E-state index contributed by atoms with van der Waals surface area (Å²) in [5, 5.41) is 4.22. The number of halogens is 1. The molecule has 0 unspecified atom stereocenters. The molecule has 0 atom stereocenters. The van der Waals surface area contributed by atoms with Gasteiger partial charge in [-0.2, -0.15) is 0 Å². The smallest absolute Gasteiger partial charge is 0.273 e. The molecule has 1 heterocycles. The Kier molecular flexibility index (Phi) is 5.82. The first kappa shape index (κ1) is 21.8. The Balaban J connectivity index is 1.66. The average molecular weight is 511 g/mol. The fourth-order valence-corrected chi connectivity index (χ4v) is 4.55. The fraction of sp³-hybridized carbons (Fsp3) is 0.0357. The zero-order valence-electron chi connectivity index (χ0n) is 18.0. The molecule has 5 nitrogen and oxygen atoms in total. The molecule has 4 aromatic carbocycles. The third-order valence-corrected chi connectivity index (χ3v) is 6.58. The molecule has 1 aliphatic heterocycles. The van der Waals surface area contributed by atoms with E-state index < -0.39 is 17.8 Å². The number of hydrogen-bond acceptors (Lipinski definition) is 3. The van der Waals surface area contributed by atoms with Gasteiger partial charge in [-0.05, 0) is 58.2 Å². The van der Waals surface area contributed by atoms with Crippen molar-refractivity contribution >= 4 is 56.3 Å². The molecule has 0 spiro atoms. The van der Waals surface area contributed by atoms with Crippen molar-refractivity contribution in [2.24, 2.45) is 0 Å². The van der Waals surface area contributed by atoms with Gasteiger partial charge in [0.15, 0.2) is 0 Å². The van der Waals surface area contributed by atoms with Crippen molar-refractivity contribution in [1.29, 1.82) is 0 Å². The number of carbonyl (C=O) groups is 3. The van der Waals surface area contributed by atoms with Crippen LogP contribution >= 0.6 is 15.9 Å². The van der Waals surface area contributed by atoms with Gasteiger partial charge in [-0.1, -0.05) is 88.7 Å². The van der Waals surface area contributed by atoms with Gasteiger partial charge in [0.2, 0.25) is 0 Å². The molecule has 1 N–H and O–H groups in total. The van der Waals surface area contributed by atoms with Gasteiger partial charge in [-0.15, -0.1) is 0 Å². The van der Waals surface area contributed by atoms with Gasteiger partial charge in [-0.25, -0.2) is 9.69 Å². The minimum atomic E-state index is -0.760. The summed E-state index contributed by atoms with van der Waals surface area (Å²) in [5.41, 5.74) is 3.12. The normalized spacial score (nSPS) is 15.1. The van der Waals surface area contributed by atoms with Crippen LogP contribution in [0.2, 0.25) is 0 Å². The summed E-state index contributed by atoms with van der Waals surface area (Å²) >= 11 is 3.61. The maximum absolute atomic E-state index is 13.4. The summed E-state index contributed by atoms with van der Waals surface area (Å²) in [6, 6.07) is 27.6. The second-order valence-electron chi connectivity index (χ2n) is 7.92. The van der Waals surface area contributed by atoms with Crippen LogP contribution in [0.25, 0.3) is 16.8 Å². The van der Waals surface area contributed by atoms with E-state index in [0.717, 1.165) is 36.8 Å². The van der Waals surface area contributed by atoms with Crippen molar-refractivity contribution in [3.05, 3.63) is 118 Å². The van der Waals surface area contributed by atoms with E-state index in [-0.39, 0.29) is 5.57 Å². The molecule has 0 radical (unpaired) electrons. The highest BCUT2D eigenvalue weighted by molar-refractivity contribution is 9.10. The third-order valence-electron chi connectivity index (χ3n) is 5.80. The second kappa shape index (κ2) is 9.08. The van der Waals surface area contributed by atoms with Crippen LogP contribution in [0.4, 0.5) is 10.5 Å². The molecule has 0 aliphatic carbocycles. The molecule has 0 aromatic heterocycles. The number of barbiturate groups is 1. The monoisotopic (exact) mass is 510 g/mol. The summed E-state index contributed by atoms with van der Waals surface area (Å²) in [6.07, 6.45) is 2.21. The summed E-state index contributed by atoms with van der Waals surface area (Å²) in [5.74, 6) is -1.36. The average Bonchev–Trinajstić information content (AvgIpc) is 2.84. The van der Waals surface area contributed by atoms with Crippen molar-refractivity contribution in [2.75, 3.05) is 4.90 Å². The topological polar surface area (TPSA) is 66.5 Å². The number of anilines is 1. The van der Waals surface area contributed by atoms with Crippen LogP contribution in [0, 0.1) is 0 Å². The van der Waals surface area contributed by atoms with Crippen LogP contribution in [-0.2, 0) is 16.0 Å². The van der Waals surface area contributed by atoms with Crippen molar-refractivity contribution in [1.82, 2.24) is 5.32 Å². The largest absolute Gasteiger partial charge is 0.335 e. The Morgan fingerprint density at radius 1 is 0.765 bits per heavy atom. The van der Waals surface area contributed by atoms with E-state index >= 15 is 0 Å². The van der Waals surface area contributed by atoms with Gasteiger partial charge < -0.3 is 0 Å². The van der Waals surface area contributed by atoms with E-state index in [9.17, 15) is 14.4 Å². The number of urea groups is 1. The quantitative estimate of drug-likeness (QED) is 0.276. The lowest BCUT2D eigenvalue weighted by molar-refractivity contribution is -0.122. The number of fused-ring (bicyclic) bond motifs is 1. The molecule has 4 amide bonds. The summed E-state index contributed by atoms with van der Waals surface area (Å²) in [7, 11) is 0. The summed E-state index contributed by atoms with van der Waals surface area (Å²) < 4.78 is 0.981. The van der Waals surface area contributed by atoms with E-state index in [0.29, 0.717) is 12.1 Å². The number of nitrogens with zero attached hydrogens (tertiary/aromatic N) is 1. The van der Waals surface area contributed by atoms with Crippen molar-refractivity contribution in [3.63, 3.8) is 0 Å². The zero-order valence-corrected chi connectivity index (χ0v) is 19.6. The number of carbonyl (C=O) groups excluding carboxylic acids is 3. The van der Waals surface area contributed by atoms with E-state index in [1.54, 1.807) is 36.4 Å². The molecule has 0 bridgehead atoms. The van der Waals surface area contributed by atoms with Crippen LogP contribution in [0.3, 0.4) is 0 Å². The molecule has 1 aliphatic rings. The lowest BCUT2D eigenvalue weighted by atomic mass is 9.92. The standard InChI is InChI=1S/C28H19BrN2O3/c29-25-13-7-5-9-20(25)16-19-15-14-18-8-4-6-12-22(18)23(19)17-24-26(32)30-28(34)31(27(24)33)21-10-2-1-3-11-21/h1-15,17H,16H2,(H,30,32,34)/b24-17+. The van der Waals surface area contributed by atoms with Gasteiger partial charge in [0.1, 0.15) is 5.57 Å². The summed E-state index contributed by atoms with van der Waals surface area (Å²) in [6.45, 7) is 0. The highest BCUT2D eigenvalue weighted by Gasteiger charge is 2.37. The van der Waals surface area contributed by atoms with Crippen LogP contribution in [0.1, 0.15) is 16.7 Å². The van der Waals surface area contributed by atoms with Gasteiger partial charge in [0.05, 0.1) is 5.69 Å². The van der Waals surface area contributed by atoms with Gasteiger partial charge in [0.25, 0.3) is 11.8 Å². The van der Waals surface area contributed by atoms with Gasteiger partial charge in [-0.3, -0.25) is 14.9 Å². The fourth-order valence-electron chi connectivity index (χ4n) is 4.13. The molecule has 5 rings (SSSR count). The minimum Gasteiger partial charge on any atom is -0.273 e. The van der Waals surface area contributed by atoms with Crippen LogP contribution < -0.4 is 10.2 Å². The number of hydrogen-bond donors (Lipinski definition) is 1. The number of imide groups is 2. The molecule has 0 saturated carbocycles. The molecule has 34 heavy (non-hydrogen) atoms. The maximum atomic E-state index is 13.4. The molecule has 4 aromatic rings. The SMILES string of the molecule is O=C1NC(=O)N(c2ccccc2)C(=O)/C1=C/c1c(Cc2ccccc2Br)ccc2ccccc12. The van der Waals surface area contributed by atoms with Crippen LogP contribution in [0.5, 0.6) is 0 Å². The molecular weight excluding hydrogens is 492 g/mol. The van der Waals surface area contributed by atoms with Crippen molar-refractivity contribution < 1.29 is 14.4 Å². The van der Waals surface area contributed by atoms with Crippen LogP contribution in [-0.4, -0.2) is 17.8 Å². The summed E-state index contributed by atoms with van der Waals surface area (Å²) in [4.78, 5) is 39.7. The second-order valence-corrected chi connectivity index (χ2v) is 8.78. The Morgan fingerprint density at radius 2 is 1.47 bits per heavy atom. The molecule has 1 saturated heterocycles. The Morgan fingerprint density at radius 3 is 2.26 bits per heavy atom. The number of amides is 4. The lowest BCUT2D eigenvalue weighted by Crippen LogP contribution is -2.54. The Bertz CT molecular complexity index is 1480. The highest BCUT2D eigenvalue weighted by Crippen LogP contribution is 2.30. The maximum Gasteiger partial charge on any atom is 0.335 e. The van der Waals surface area contributed by atoms with Crippen molar-refractivity contribution in [2.45, 2.75) is 6.42 Å². The van der Waals surface area contributed by atoms with Crippen LogP contribution in [0.15, 0.2) is 101 Å². The number of benzene rings is 4. The predicted molar refractivity (Wildman–Crippen MR) is 136 cm³/mol. The number of nitrogens with one attached hydrogen (secondary N) is 1. The van der Waals surface area contributed by atoms with E-state index in [2.05, 4.69) is 21.2 Å². The predicted octanol–water partition coefficient (Wildman–Crippen LogP) is 5.86. The van der Waals surface area contributed by atoms with E-state index in [1.807, 2.05) is 60.7 Å². The molecule has 1 fully saturated rings. The Labute approximate surface area is 204 Å². The molecule has 6 heteroatoms. The number of rotatable bonds is 4. The number of para-hydroxylation sites is 1. The zero-order chi connectivity index (χ0) is 23.7. The molecule has 166 valence electrons.